The number of ketones is 1. The SMILES string of the molecule is C=C[C@@](O)(CCCC)CCC[C@H]1[C@H](O)CC(=O)[C@@H]1CCCCC=CC(=O)O. The number of rotatable bonds is 14. The fraction of sp³-hybridized carbons (Fsp3) is 0.727. The number of hydrogen-bond donors (Lipinski definition) is 3. The number of carbonyl (C=O) groups excluding carboxylic acids is 1. The molecule has 5 heteroatoms. The topological polar surface area (TPSA) is 94.8 Å². The molecule has 4 atom stereocenters. The summed E-state index contributed by atoms with van der Waals surface area (Å²) in [5.74, 6) is -0.954. The summed E-state index contributed by atoms with van der Waals surface area (Å²) in [6, 6.07) is 0. The molecule has 27 heavy (non-hydrogen) atoms. The maximum Gasteiger partial charge on any atom is 0.327 e. The second kappa shape index (κ2) is 12.1. The van der Waals surface area contributed by atoms with Gasteiger partial charge in [0.1, 0.15) is 5.78 Å². The zero-order valence-corrected chi connectivity index (χ0v) is 16.6. The monoisotopic (exact) mass is 380 g/mol. The van der Waals surface area contributed by atoms with E-state index in [0.29, 0.717) is 19.3 Å². The number of aliphatic hydroxyl groups excluding tert-OH is 1. The number of hydrogen-bond acceptors (Lipinski definition) is 4. The third kappa shape index (κ3) is 8.39. The lowest BCUT2D eigenvalue weighted by Crippen LogP contribution is -2.27. The largest absolute Gasteiger partial charge is 0.478 e. The smallest absolute Gasteiger partial charge is 0.327 e. The highest BCUT2D eigenvalue weighted by Gasteiger charge is 2.40. The van der Waals surface area contributed by atoms with Crippen LogP contribution < -0.4 is 0 Å². The minimum absolute atomic E-state index is 0.0349. The minimum atomic E-state index is -0.942. The fourth-order valence-corrected chi connectivity index (χ4v) is 4.05. The normalized spacial score (nSPS) is 25.0. The van der Waals surface area contributed by atoms with Crippen molar-refractivity contribution in [3.8, 4) is 0 Å². The quantitative estimate of drug-likeness (QED) is 0.240. The van der Waals surface area contributed by atoms with E-state index in [4.69, 9.17) is 5.11 Å². The van der Waals surface area contributed by atoms with Crippen LogP contribution in [0.4, 0.5) is 0 Å². The van der Waals surface area contributed by atoms with Gasteiger partial charge in [-0.05, 0) is 50.9 Å². The van der Waals surface area contributed by atoms with Gasteiger partial charge in [0.05, 0.1) is 11.7 Å². The highest BCUT2D eigenvalue weighted by atomic mass is 16.4. The second-order valence-electron chi connectivity index (χ2n) is 7.84. The van der Waals surface area contributed by atoms with Crippen LogP contribution in [0.3, 0.4) is 0 Å². The number of allylic oxidation sites excluding steroid dienone is 1. The average Bonchev–Trinajstić information content (AvgIpc) is 2.89. The van der Waals surface area contributed by atoms with Gasteiger partial charge in [0, 0.05) is 18.4 Å². The van der Waals surface area contributed by atoms with E-state index in [9.17, 15) is 19.8 Å². The van der Waals surface area contributed by atoms with Gasteiger partial charge in [0.25, 0.3) is 0 Å². The van der Waals surface area contributed by atoms with E-state index in [2.05, 4.69) is 13.5 Å². The van der Waals surface area contributed by atoms with Gasteiger partial charge in [-0.3, -0.25) is 4.79 Å². The van der Waals surface area contributed by atoms with Crippen LogP contribution in [0.25, 0.3) is 0 Å². The molecule has 0 aliphatic heterocycles. The summed E-state index contributed by atoms with van der Waals surface area (Å²) in [4.78, 5) is 22.7. The van der Waals surface area contributed by atoms with Crippen LogP contribution in [0.15, 0.2) is 24.8 Å². The molecular weight excluding hydrogens is 344 g/mol. The summed E-state index contributed by atoms with van der Waals surface area (Å²) >= 11 is 0. The molecule has 1 aliphatic carbocycles. The van der Waals surface area contributed by atoms with Gasteiger partial charge in [-0.2, -0.15) is 0 Å². The van der Waals surface area contributed by atoms with Crippen LogP contribution in [0, 0.1) is 11.8 Å². The zero-order chi connectivity index (χ0) is 20.3. The molecule has 0 bridgehead atoms. The Bertz CT molecular complexity index is 513. The van der Waals surface area contributed by atoms with E-state index in [1.165, 1.54) is 0 Å². The van der Waals surface area contributed by atoms with Crippen molar-refractivity contribution < 1.29 is 24.9 Å². The van der Waals surface area contributed by atoms with E-state index in [0.717, 1.165) is 51.0 Å². The third-order valence-electron chi connectivity index (χ3n) is 5.72. The standard InChI is InChI=1S/C22H36O5/c1-3-5-14-22(27,4-2)15-10-12-18-17(19(23)16-20(18)24)11-8-6-7-9-13-21(25)26/h4,9,13,17-18,20,24,27H,2-3,5-8,10-12,14-16H2,1H3,(H,25,26)/t17-,18-,20-,22-/m1/s1. The van der Waals surface area contributed by atoms with Crippen LogP contribution in [0.2, 0.25) is 0 Å². The summed E-state index contributed by atoms with van der Waals surface area (Å²) in [6.07, 6.45) is 11.9. The van der Waals surface area contributed by atoms with Crippen LogP contribution in [0.5, 0.6) is 0 Å². The Morgan fingerprint density at radius 2 is 1.93 bits per heavy atom. The molecule has 0 unspecified atom stereocenters. The third-order valence-corrected chi connectivity index (χ3v) is 5.72. The van der Waals surface area contributed by atoms with E-state index in [1.54, 1.807) is 12.2 Å². The van der Waals surface area contributed by atoms with E-state index < -0.39 is 17.7 Å². The second-order valence-corrected chi connectivity index (χ2v) is 7.84. The molecule has 5 nitrogen and oxygen atoms in total. The van der Waals surface area contributed by atoms with Crippen molar-refractivity contribution in [2.24, 2.45) is 11.8 Å². The molecular formula is C22H36O5. The average molecular weight is 381 g/mol. The minimum Gasteiger partial charge on any atom is -0.478 e. The van der Waals surface area contributed by atoms with Gasteiger partial charge in [0.2, 0.25) is 0 Å². The van der Waals surface area contributed by atoms with Crippen LogP contribution in [-0.2, 0) is 9.59 Å². The van der Waals surface area contributed by atoms with Gasteiger partial charge < -0.3 is 15.3 Å². The molecule has 0 spiro atoms. The molecule has 1 aliphatic rings. The first-order valence-electron chi connectivity index (χ1n) is 10.3. The van der Waals surface area contributed by atoms with Gasteiger partial charge >= 0.3 is 5.97 Å². The van der Waals surface area contributed by atoms with E-state index in [-0.39, 0.29) is 24.0 Å². The number of aliphatic carboxylic acids is 1. The Kier molecular flexibility index (Phi) is 10.6. The van der Waals surface area contributed by atoms with Crippen molar-refractivity contribution >= 4 is 11.8 Å². The van der Waals surface area contributed by atoms with Crippen molar-refractivity contribution in [3.63, 3.8) is 0 Å². The first kappa shape index (κ1) is 23.6. The van der Waals surface area contributed by atoms with Gasteiger partial charge in [0.15, 0.2) is 0 Å². The number of unbranched alkanes of at least 4 members (excludes halogenated alkanes) is 3. The Hall–Kier alpha value is -1.46. The van der Waals surface area contributed by atoms with Crippen molar-refractivity contribution in [3.05, 3.63) is 24.8 Å². The first-order chi connectivity index (χ1) is 12.8. The Balaban J connectivity index is 2.45. The van der Waals surface area contributed by atoms with Crippen LogP contribution >= 0.6 is 0 Å². The molecule has 1 rings (SSSR count). The summed E-state index contributed by atoms with van der Waals surface area (Å²) in [7, 11) is 0. The summed E-state index contributed by atoms with van der Waals surface area (Å²) < 4.78 is 0. The van der Waals surface area contributed by atoms with Gasteiger partial charge in [-0.1, -0.05) is 38.3 Å². The molecule has 0 aromatic heterocycles. The lowest BCUT2D eigenvalue weighted by molar-refractivity contribution is -0.131. The maximum atomic E-state index is 12.2. The number of Topliss-reactive ketones (excluding diaryl/α,β-unsaturated/α-hetero) is 1. The summed E-state index contributed by atoms with van der Waals surface area (Å²) in [5.41, 5.74) is -0.852. The number of aliphatic hydroxyl groups is 2. The Labute approximate surface area is 163 Å². The number of carboxylic acids is 1. The molecule has 154 valence electrons. The lowest BCUT2D eigenvalue weighted by atomic mass is 9.83. The molecule has 1 saturated carbocycles. The summed E-state index contributed by atoms with van der Waals surface area (Å²) in [6.45, 7) is 5.85. The number of carboxylic acid groups (broad SMARTS) is 1. The maximum absolute atomic E-state index is 12.2. The highest BCUT2D eigenvalue weighted by molar-refractivity contribution is 5.84. The molecule has 0 radical (unpaired) electrons. The zero-order valence-electron chi connectivity index (χ0n) is 16.6. The van der Waals surface area contributed by atoms with Gasteiger partial charge in [-0.15, -0.1) is 6.58 Å². The van der Waals surface area contributed by atoms with Crippen molar-refractivity contribution in [2.75, 3.05) is 0 Å². The predicted molar refractivity (Wildman–Crippen MR) is 106 cm³/mol. The van der Waals surface area contributed by atoms with Crippen LogP contribution in [0.1, 0.15) is 77.6 Å². The molecule has 0 heterocycles. The van der Waals surface area contributed by atoms with Crippen molar-refractivity contribution in [1.29, 1.82) is 0 Å². The number of carbonyl (C=O) groups is 2. The molecule has 0 saturated heterocycles. The van der Waals surface area contributed by atoms with Gasteiger partial charge in [-0.25, -0.2) is 4.79 Å². The summed E-state index contributed by atoms with van der Waals surface area (Å²) in [5, 5.41) is 29.4. The Morgan fingerprint density at radius 3 is 2.56 bits per heavy atom. The van der Waals surface area contributed by atoms with Crippen molar-refractivity contribution in [1.82, 2.24) is 0 Å². The molecule has 0 aromatic rings. The molecule has 3 N–H and O–H groups in total. The molecule has 0 amide bonds. The highest BCUT2D eigenvalue weighted by Crippen LogP contribution is 2.37. The molecule has 0 aromatic carbocycles. The lowest BCUT2D eigenvalue weighted by Gasteiger charge is -2.26. The molecule has 1 fully saturated rings. The Morgan fingerprint density at radius 1 is 1.22 bits per heavy atom. The van der Waals surface area contributed by atoms with E-state index in [1.807, 2.05) is 0 Å². The van der Waals surface area contributed by atoms with E-state index >= 15 is 0 Å². The van der Waals surface area contributed by atoms with Crippen molar-refractivity contribution in [2.45, 2.75) is 89.3 Å². The predicted octanol–water partition coefficient (Wildman–Crippen LogP) is 4.03. The van der Waals surface area contributed by atoms with Crippen LogP contribution in [-0.4, -0.2) is 38.8 Å². The fourth-order valence-electron chi connectivity index (χ4n) is 4.05. The first-order valence-corrected chi connectivity index (χ1v) is 10.3.